The Morgan fingerprint density at radius 2 is 1.67 bits per heavy atom. The van der Waals surface area contributed by atoms with Crippen LogP contribution in [0.3, 0.4) is 0 Å². The summed E-state index contributed by atoms with van der Waals surface area (Å²) in [5.41, 5.74) is 3.05. The number of rotatable bonds is 6. The second kappa shape index (κ2) is 8.01. The van der Waals surface area contributed by atoms with E-state index in [1.807, 2.05) is 36.4 Å². The third-order valence-corrected chi connectivity index (χ3v) is 5.42. The number of anilines is 2. The molecule has 0 radical (unpaired) electrons. The summed E-state index contributed by atoms with van der Waals surface area (Å²) in [6.07, 6.45) is 3.12. The lowest BCUT2D eigenvalue weighted by atomic mass is 10.1. The van der Waals surface area contributed by atoms with Crippen LogP contribution in [0.15, 0.2) is 48.5 Å². The van der Waals surface area contributed by atoms with Gasteiger partial charge in [0.05, 0.1) is 13.5 Å². The number of hydrogen-bond acceptors (Lipinski definition) is 4. The van der Waals surface area contributed by atoms with Gasteiger partial charge >= 0.3 is 0 Å². The van der Waals surface area contributed by atoms with Crippen molar-refractivity contribution in [1.29, 1.82) is 0 Å². The lowest BCUT2D eigenvalue weighted by Gasteiger charge is -2.36. The third kappa shape index (κ3) is 4.61. The first-order chi connectivity index (χ1) is 13.2. The van der Waals surface area contributed by atoms with Crippen molar-refractivity contribution in [1.82, 2.24) is 4.90 Å². The molecule has 0 aromatic heterocycles. The first kappa shape index (κ1) is 17.9. The van der Waals surface area contributed by atoms with Crippen molar-refractivity contribution in [3.63, 3.8) is 0 Å². The molecule has 142 valence electrons. The van der Waals surface area contributed by atoms with Crippen molar-refractivity contribution in [3.8, 4) is 5.75 Å². The molecule has 1 heterocycles. The second-order valence-corrected chi connectivity index (χ2v) is 7.37. The van der Waals surface area contributed by atoms with E-state index in [0.29, 0.717) is 6.42 Å². The van der Waals surface area contributed by atoms with Crippen LogP contribution in [0, 0.1) is 0 Å². The largest absolute Gasteiger partial charge is 0.497 e. The molecule has 5 nitrogen and oxygen atoms in total. The van der Waals surface area contributed by atoms with Crippen LogP contribution < -0.4 is 15.0 Å². The van der Waals surface area contributed by atoms with E-state index in [-0.39, 0.29) is 5.91 Å². The summed E-state index contributed by atoms with van der Waals surface area (Å²) in [5.74, 6) is 0.790. The summed E-state index contributed by atoms with van der Waals surface area (Å²) >= 11 is 0. The molecule has 2 aliphatic rings. The van der Waals surface area contributed by atoms with Crippen molar-refractivity contribution < 1.29 is 9.53 Å². The summed E-state index contributed by atoms with van der Waals surface area (Å²) < 4.78 is 5.14. The topological polar surface area (TPSA) is 44.8 Å². The summed E-state index contributed by atoms with van der Waals surface area (Å²) in [6, 6.07) is 16.6. The Morgan fingerprint density at radius 3 is 2.26 bits per heavy atom. The third-order valence-electron chi connectivity index (χ3n) is 5.42. The molecule has 1 saturated heterocycles. The highest BCUT2D eigenvalue weighted by Gasteiger charge is 2.31. The Kier molecular flexibility index (Phi) is 5.30. The molecule has 1 N–H and O–H groups in total. The number of hydrogen-bond donors (Lipinski definition) is 1. The van der Waals surface area contributed by atoms with Crippen molar-refractivity contribution in [2.24, 2.45) is 0 Å². The Hall–Kier alpha value is -2.53. The molecule has 1 aliphatic carbocycles. The van der Waals surface area contributed by atoms with E-state index in [2.05, 4.69) is 27.2 Å². The van der Waals surface area contributed by atoms with Crippen molar-refractivity contribution in [2.75, 3.05) is 43.5 Å². The fourth-order valence-electron chi connectivity index (χ4n) is 3.67. The first-order valence-corrected chi connectivity index (χ1v) is 9.73. The number of piperazine rings is 1. The summed E-state index contributed by atoms with van der Waals surface area (Å²) in [6.45, 7) is 4.48. The molecule has 2 aromatic rings. The molecule has 5 heteroatoms. The number of ether oxygens (including phenoxy) is 1. The molecular weight excluding hydrogens is 338 g/mol. The number of nitrogens with zero attached hydrogens (tertiary/aromatic N) is 2. The monoisotopic (exact) mass is 365 g/mol. The van der Waals surface area contributed by atoms with Crippen LogP contribution in [0.25, 0.3) is 0 Å². The Labute approximate surface area is 160 Å². The minimum absolute atomic E-state index is 0.00837. The van der Waals surface area contributed by atoms with E-state index in [1.165, 1.54) is 18.5 Å². The van der Waals surface area contributed by atoms with Gasteiger partial charge in [-0.05, 0) is 54.8 Å². The standard InChI is InChI=1S/C22H27N3O2/c1-27-21-10-2-17(3-11-21)16-22(26)23-18-4-6-19(7-5-18)24-12-14-25(15-13-24)20-8-9-20/h2-7,10-11,20H,8-9,12-16H2,1H3,(H,23,26). The van der Waals surface area contributed by atoms with Crippen molar-refractivity contribution in [2.45, 2.75) is 25.3 Å². The van der Waals surface area contributed by atoms with E-state index in [0.717, 1.165) is 49.2 Å². The van der Waals surface area contributed by atoms with Crippen LogP contribution in [0.4, 0.5) is 11.4 Å². The van der Waals surface area contributed by atoms with Gasteiger partial charge in [-0.15, -0.1) is 0 Å². The van der Waals surface area contributed by atoms with Crippen LogP contribution in [-0.2, 0) is 11.2 Å². The van der Waals surface area contributed by atoms with E-state index < -0.39 is 0 Å². The zero-order valence-electron chi connectivity index (χ0n) is 15.9. The molecule has 4 rings (SSSR count). The predicted octanol–water partition coefficient (Wildman–Crippen LogP) is 3.16. The van der Waals surface area contributed by atoms with Gasteiger partial charge in [0.1, 0.15) is 5.75 Å². The van der Waals surface area contributed by atoms with E-state index in [4.69, 9.17) is 4.74 Å². The molecule has 27 heavy (non-hydrogen) atoms. The zero-order valence-corrected chi connectivity index (χ0v) is 15.9. The molecule has 2 fully saturated rings. The lowest BCUT2D eigenvalue weighted by Crippen LogP contribution is -2.47. The lowest BCUT2D eigenvalue weighted by molar-refractivity contribution is -0.115. The van der Waals surface area contributed by atoms with Gasteiger partial charge in [0, 0.05) is 43.6 Å². The molecular formula is C22H27N3O2. The normalized spacial score (nSPS) is 17.6. The fourth-order valence-corrected chi connectivity index (χ4v) is 3.67. The van der Waals surface area contributed by atoms with Gasteiger partial charge in [-0.1, -0.05) is 12.1 Å². The maximum atomic E-state index is 12.3. The van der Waals surface area contributed by atoms with E-state index >= 15 is 0 Å². The molecule has 0 unspecified atom stereocenters. The van der Waals surface area contributed by atoms with Gasteiger partial charge < -0.3 is 15.0 Å². The molecule has 1 amide bonds. The van der Waals surface area contributed by atoms with Crippen LogP contribution >= 0.6 is 0 Å². The number of amides is 1. The van der Waals surface area contributed by atoms with Gasteiger partial charge in [-0.3, -0.25) is 9.69 Å². The summed E-state index contributed by atoms with van der Waals surface area (Å²) in [5, 5.41) is 2.98. The van der Waals surface area contributed by atoms with Crippen LogP contribution in [-0.4, -0.2) is 50.1 Å². The maximum absolute atomic E-state index is 12.3. The molecule has 1 aliphatic heterocycles. The number of carbonyl (C=O) groups is 1. The number of benzene rings is 2. The molecule has 0 bridgehead atoms. The van der Waals surface area contributed by atoms with Gasteiger partial charge in [0.15, 0.2) is 0 Å². The SMILES string of the molecule is COc1ccc(CC(=O)Nc2ccc(N3CCN(C4CC4)CC3)cc2)cc1. The first-order valence-electron chi connectivity index (χ1n) is 9.73. The van der Waals surface area contributed by atoms with E-state index in [9.17, 15) is 4.79 Å². The highest BCUT2D eigenvalue weighted by molar-refractivity contribution is 5.92. The van der Waals surface area contributed by atoms with E-state index in [1.54, 1.807) is 7.11 Å². The zero-order chi connectivity index (χ0) is 18.6. The maximum Gasteiger partial charge on any atom is 0.228 e. The van der Waals surface area contributed by atoms with Gasteiger partial charge in [0.25, 0.3) is 0 Å². The minimum atomic E-state index is -0.00837. The average molecular weight is 365 g/mol. The molecule has 0 spiro atoms. The number of nitrogens with one attached hydrogen (secondary N) is 1. The highest BCUT2D eigenvalue weighted by Crippen LogP contribution is 2.28. The van der Waals surface area contributed by atoms with Gasteiger partial charge in [-0.2, -0.15) is 0 Å². The quantitative estimate of drug-likeness (QED) is 0.854. The van der Waals surface area contributed by atoms with Crippen molar-refractivity contribution >= 4 is 17.3 Å². The van der Waals surface area contributed by atoms with Gasteiger partial charge in [0.2, 0.25) is 5.91 Å². The fraction of sp³-hybridized carbons (Fsp3) is 0.409. The Bertz CT molecular complexity index is 761. The Morgan fingerprint density at radius 1 is 1.00 bits per heavy atom. The molecule has 0 atom stereocenters. The predicted molar refractivity (Wildman–Crippen MR) is 109 cm³/mol. The summed E-state index contributed by atoms with van der Waals surface area (Å²) in [7, 11) is 1.64. The van der Waals surface area contributed by atoms with Gasteiger partial charge in [-0.25, -0.2) is 0 Å². The van der Waals surface area contributed by atoms with Crippen LogP contribution in [0.2, 0.25) is 0 Å². The average Bonchev–Trinajstić information content (AvgIpc) is 3.55. The highest BCUT2D eigenvalue weighted by atomic mass is 16.5. The molecule has 1 saturated carbocycles. The molecule has 2 aromatic carbocycles. The minimum Gasteiger partial charge on any atom is -0.497 e. The second-order valence-electron chi connectivity index (χ2n) is 7.37. The Balaban J connectivity index is 1.28. The van der Waals surface area contributed by atoms with Crippen molar-refractivity contribution in [3.05, 3.63) is 54.1 Å². The van der Waals surface area contributed by atoms with Crippen LogP contribution in [0.5, 0.6) is 5.75 Å². The number of carbonyl (C=O) groups excluding carboxylic acids is 1. The van der Waals surface area contributed by atoms with Crippen LogP contribution in [0.1, 0.15) is 18.4 Å². The smallest absolute Gasteiger partial charge is 0.228 e. The summed E-state index contributed by atoms with van der Waals surface area (Å²) in [4.78, 5) is 17.3. The number of methoxy groups -OCH3 is 1.